The number of amides is 4. The van der Waals surface area contributed by atoms with E-state index in [1.165, 1.54) is 0 Å². The molecule has 204 valence electrons. The van der Waals surface area contributed by atoms with Crippen molar-refractivity contribution in [2.45, 2.75) is 102 Å². The topological polar surface area (TPSA) is 159 Å². The number of hydrogen-bond donors (Lipinski definition) is 3. The summed E-state index contributed by atoms with van der Waals surface area (Å²) < 4.78 is 16.1. The number of aliphatic imine (C=N–C) groups is 1. The summed E-state index contributed by atoms with van der Waals surface area (Å²) in [5.41, 5.74) is -0.773. The van der Waals surface area contributed by atoms with Gasteiger partial charge in [0.2, 0.25) is 5.96 Å². The molecule has 1 saturated carbocycles. The fourth-order valence-electron chi connectivity index (χ4n) is 4.62. The van der Waals surface area contributed by atoms with Gasteiger partial charge >= 0.3 is 18.2 Å². The van der Waals surface area contributed by atoms with Crippen LogP contribution in [0.1, 0.15) is 90.6 Å². The van der Waals surface area contributed by atoms with E-state index >= 15 is 0 Å². The van der Waals surface area contributed by atoms with Crippen molar-refractivity contribution in [3.05, 3.63) is 17.5 Å². The van der Waals surface area contributed by atoms with Crippen LogP contribution in [0.15, 0.2) is 15.6 Å². The van der Waals surface area contributed by atoms with Gasteiger partial charge in [-0.05, 0) is 67.2 Å². The van der Waals surface area contributed by atoms with Crippen LogP contribution in [0, 0.1) is 0 Å². The molecule has 3 N–H and O–H groups in total. The van der Waals surface area contributed by atoms with Gasteiger partial charge in [0.1, 0.15) is 22.7 Å². The standard InChI is InChI=1S/C24H36N6O7/c1-23(2,3)35-20(31)26-19(27-21(32)36-24(4,5)6)25-14-9-13(10-14)18-11-16(28-37-18)17-8-7-15-12-29(17)22(33)30(15)34/h11,13-15,17,34H,7-10,12H2,1-6H3,(H2,25,26,27,31,32). The molecule has 13 heteroatoms. The second-order valence-corrected chi connectivity index (χ2v) is 11.7. The number of ether oxygens (including phenoxy) is 2. The summed E-state index contributed by atoms with van der Waals surface area (Å²) >= 11 is 0. The van der Waals surface area contributed by atoms with Gasteiger partial charge in [0.15, 0.2) is 0 Å². The van der Waals surface area contributed by atoms with E-state index in [0.717, 1.165) is 5.06 Å². The Morgan fingerprint density at radius 3 is 2.24 bits per heavy atom. The number of nitrogens with zero attached hydrogens (tertiary/aromatic N) is 4. The third kappa shape index (κ3) is 6.51. The zero-order chi connectivity index (χ0) is 27.1. The van der Waals surface area contributed by atoms with Crippen LogP contribution < -0.4 is 10.6 Å². The first-order valence-corrected chi connectivity index (χ1v) is 12.5. The molecule has 0 spiro atoms. The van der Waals surface area contributed by atoms with Crippen molar-refractivity contribution < 1.29 is 33.6 Å². The molecule has 2 atom stereocenters. The number of aromatic nitrogens is 1. The molecular weight excluding hydrogens is 484 g/mol. The van der Waals surface area contributed by atoms with E-state index in [1.807, 2.05) is 6.07 Å². The van der Waals surface area contributed by atoms with Crippen LogP contribution in [0.4, 0.5) is 14.4 Å². The molecule has 2 saturated heterocycles. The largest absolute Gasteiger partial charge is 0.444 e. The van der Waals surface area contributed by atoms with Gasteiger partial charge in [-0.3, -0.25) is 15.8 Å². The van der Waals surface area contributed by atoms with E-state index in [9.17, 15) is 19.6 Å². The molecule has 4 amide bonds. The van der Waals surface area contributed by atoms with Crippen LogP contribution in [-0.2, 0) is 9.47 Å². The molecule has 4 rings (SSSR count). The Hall–Kier alpha value is -3.35. The number of fused-ring (bicyclic) bond motifs is 2. The van der Waals surface area contributed by atoms with Crippen molar-refractivity contribution >= 4 is 24.2 Å². The maximum Gasteiger partial charge on any atom is 0.414 e. The molecule has 1 aromatic heterocycles. The number of urea groups is 1. The van der Waals surface area contributed by atoms with Crippen LogP contribution in [0.25, 0.3) is 0 Å². The smallest absolute Gasteiger partial charge is 0.414 e. The second-order valence-electron chi connectivity index (χ2n) is 11.7. The lowest BCUT2D eigenvalue weighted by Gasteiger charge is -2.31. The quantitative estimate of drug-likeness (QED) is 0.309. The van der Waals surface area contributed by atoms with Crippen molar-refractivity contribution in [3.8, 4) is 0 Å². The molecule has 2 unspecified atom stereocenters. The third-order valence-electron chi connectivity index (χ3n) is 6.30. The number of hydrogen-bond acceptors (Lipinski definition) is 9. The average molecular weight is 521 g/mol. The van der Waals surface area contributed by atoms with E-state index in [0.29, 0.717) is 43.7 Å². The van der Waals surface area contributed by atoms with E-state index in [-0.39, 0.29) is 30.0 Å². The van der Waals surface area contributed by atoms with Crippen molar-refractivity contribution in [1.29, 1.82) is 0 Å². The molecule has 2 aliphatic heterocycles. The number of rotatable bonds is 3. The lowest BCUT2D eigenvalue weighted by Crippen LogP contribution is -2.48. The maximum atomic E-state index is 12.3. The Labute approximate surface area is 215 Å². The molecule has 13 nitrogen and oxygen atoms in total. The first-order valence-electron chi connectivity index (χ1n) is 12.5. The van der Waals surface area contributed by atoms with Crippen LogP contribution in [0.2, 0.25) is 0 Å². The summed E-state index contributed by atoms with van der Waals surface area (Å²) in [5, 5.41) is 19.9. The molecule has 1 aromatic rings. The maximum absolute atomic E-state index is 12.3. The molecule has 37 heavy (non-hydrogen) atoms. The SMILES string of the molecule is CC(C)(C)OC(=O)NC(=NC1CC(c2cc(C3CCC4CN3C(=O)N4O)no2)C1)NC(=O)OC(C)(C)C. The van der Waals surface area contributed by atoms with Gasteiger partial charge in [0.25, 0.3) is 0 Å². The highest BCUT2D eigenvalue weighted by Crippen LogP contribution is 2.42. The van der Waals surface area contributed by atoms with Crippen LogP contribution in [-0.4, -0.2) is 74.3 Å². The number of carbonyl (C=O) groups is 3. The zero-order valence-corrected chi connectivity index (χ0v) is 22.1. The lowest BCUT2D eigenvalue weighted by atomic mass is 9.79. The minimum absolute atomic E-state index is 0.0527. The number of piperidine rings is 1. The van der Waals surface area contributed by atoms with Gasteiger partial charge in [-0.1, -0.05) is 5.16 Å². The molecule has 3 aliphatic rings. The Bertz CT molecular complexity index is 1030. The summed E-state index contributed by atoms with van der Waals surface area (Å²) in [5.74, 6) is 0.695. The first kappa shape index (κ1) is 26.7. The van der Waals surface area contributed by atoms with Gasteiger partial charge in [0, 0.05) is 18.5 Å². The van der Waals surface area contributed by atoms with Crippen molar-refractivity contribution in [2.24, 2.45) is 4.99 Å². The molecule has 2 bridgehead atoms. The molecule has 0 radical (unpaired) electrons. The van der Waals surface area contributed by atoms with Crippen LogP contribution in [0.3, 0.4) is 0 Å². The predicted octanol–water partition coefficient (Wildman–Crippen LogP) is 3.66. The number of nitrogens with one attached hydrogen (secondary N) is 2. The van der Waals surface area contributed by atoms with E-state index in [2.05, 4.69) is 20.8 Å². The Balaban J connectivity index is 1.38. The van der Waals surface area contributed by atoms with Crippen molar-refractivity contribution in [2.75, 3.05) is 6.54 Å². The Morgan fingerprint density at radius 1 is 1.08 bits per heavy atom. The average Bonchev–Trinajstić information content (AvgIpc) is 3.28. The normalized spacial score (nSPS) is 25.3. The lowest BCUT2D eigenvalue weighted by molar-refractivity contribution is -0.0584. The highest BCUT2D eigenvalue weighted by molar-refractivity contribution is 6.01. The highest BCUT2D eigenvalue weighted by atomic mass is 16.6. The number of alkyl carbamates (subject to hydrolysis) is 2. The van der Waals surface area contributed by atoms with Gasteiger partial charge in [0.05, 0.1) is 18.1 Å². The first-order chi connectivity index (χ1) is 17.2. The van der Waals surface area contributed by atoms with Gasteiger partial charge in [-0.2, -0.15) is 0 Å². The monoisotopic (exact) mass is 520 g/mol. The minimum Gasteiger partial charge on any atom is -0.444 e. The Kier molecular flexibility index (Phi) is 7.10. The summed E-state index contributed by atoms with van der Waals surface area (Å²) in [4.78, 5) is 43.0. The fraction of sp³-hybridized carbons (Fsp3) is 0.708. The number of guanidine groups is 1. The molecule has 3 fully saturated rings. The van der Waals surface area contributed by atoms with Gasteiger partial charge in [-0.15, -0.1) is 0 Å². The summed E-state index contributed by atoms with van der Waals surface area (Å²) in [7, 11) is 0. The summed E-state index contributed by atoms with van der Waals surface area (Å²) in [6.07, 6.45) is 1.14. The van der Waals surface area contributed by atoms with Crippen molar-refractivity contribution in [1.82, 2.24) is 25.8 Å². The van der Waals surface area contributed by atoms with E-state index in [4.69, 9.17) is 14.0 Å². The molecule has 0 aromatic carbocycles. The predicted molar refractivity (Wildman–Crippen MR) is 130 cm³/mol. The molecule has 1 aliphatic carbocycles. The van der Waals surface area contributed by atoms with Crippen LogP contribution >= 0.6 is 0 Å². The highest BCUT2D eigenvalue weighted by Gasteiger charge is 2.46. The van der Waals surface area contributed by atoms with Gasteiger partial charge in [-0.25, -0.2) is 24.4 Å². The van der Waals surface area contributed by atoms with Gasteiger partial charge < -0.3 is 18.9 Å². The van der Waals surface area contributed by atoms with E-state index < -0.39 is 29.4 Å². The number of carbonyl (C=O) groups excluding carboxylic acids is 3. The molecule has 3 heterocycles. The van der Waals surface area contributed by atoms with Crippen molar-refractivity contribution in [3.63, 3.8) is 0 Å². The second kappa shape index (κ2) is 9.84. The van der Waals surface area contributed by atoms with Crippen LogP contribution in [0.5, 0.6) is 0 Å². The number of hydroxylamine groups is 2. The summed E-state index contributed by atoms with van der Waals surface area (Å²) in [6, 6.07) is 0.879. The van der Waals surface area contributed by atoms with E-state index in [1.54, 1.807) is 46.4 Å². The zero-order valence-electron chi connectivity index (χ0n) is 22.1. The minimum atomic E-state index is -0.745. The third-order valence-corrected chi connectivity index (χ3v) is 6.30. The summed E-state index contributed by atoms with van der Waals surface area (Å²) in [6.45, 7) is 10.9. The molecular formula is C24H36N6O7. The Morgan fingerprint density at radius 2 is 1.68 bits per heavy atom. The fourth-order valence-corrected chi connectivity index (χ4v) is 4.62.